The fraction of sp³-hybridized carbons (Fsp3) is 0.167. The molecule has 1 aromatic heterocycles. The third kappa shape index (κ3) is 2.91. The van der Waals surface area contributed by atoms with Gasteiger partial charge < -0.3 is 14.6 Å². The van der Waals surface area contributed by atoms with Crippen LogP contribution in [0.25, 0.3) is 10.8 Å². The molecule has 3 aromatic rings. The molecule has 0 bridgehead atoms. The molecule has 0 atom stereocenters. The van der Waals surface area contributed by atoms with E-state index in [9.17, 15) is 9.90 Å². The highest BCUT2D eigenvalue weighted by atomic mass is 16.5. The molecule has 0 saturated heterocycles. The van der Waals surface area contributed by atoms with E-state index in [0.717, 1.165) is 4.57 Å². The molecule has 1 heterocycles. The van der Waals surface area contributed by atoms with Gasteiger partial charge >= 0.3 is 0 Å². The number of methoxy groups -OCH3 is 2. The minimum Gasteiger partial charge on any atom is -0.494 e. The number of aromatic hydroxyl groups is 1. The Morgan fingerprint density at radius 2 is 1.56 bits per heavy atom. The van der Waals surface area contributed by atoms with Crippen molar-refractivity contribution in [3.05, 3.63) is 52.8 Å². The summed E-state index contributed by atoms with van der Waals surface area (Å²) in [4.78, 5) is 12.6. The van der Waals surface area contributed by atoms with Crippen LogP contribution in [0.2, 0.25) is 0 Å². The lowest BCUT2D eigenvalue weighted by Crippen LogP contribution is -2.16. The van der Waals surface area contributed by atoms with Gasteiger partial charge in [0.05, 0.1) is 19.9 Å². The standard InChI is InChI=1S/C18H17N3O4/c1-21-17(22)13-10-15(25-3)14(24-2)9-12(13)16(18(21)23)20-19-11-7-5-4-6-8-11/h4-10,22H,1-3H3. The van der Waals surface area contributed by atoms with Crippen molar-refractivity contribution in [1.82, 2.24) is 4.57 Å². The highest BCUT2D eigenvalue weighted by Crippen LogP contribution is 2.38. The van der Waals surface area contributed by atoms with Gasteiger partial charge in [0.15, 0.2) is 17.2 Å². The molecule has 0 aliphatic rings. The van der Waals surface area contributed by atoms with E-state index < -0.39 is 5.56 Å². The predicted octanol–water partition coefficient (Wildman–Crippen LogP) is 3.68. The van der Waals surface area contributed by atoms with Crippen LogP contribution in [0.1, 0.15) is 0 Å². The van der Waals surface area contributed by atoms with Crippen LogP contribution in [0.15, 0.2) is 57.5 Å². The van der Waals surface area contributed by atoms with Crippen LogP contribution >= 0.6 is 0 Å². The summed E-state index contributed by atoms with van der Waals surface area (Å²) in [5.41, 5.74) is 0.267. The van der Waals surface area contributed by atoms with Crippen LogP contribution in [0.5, 0.6) is 17.4 Å². The molecule has 0 spiro atoms. The van der Waals surface area contributed by atoms with Gasteiger partial charge in [-0.25, -0.2) is 0 Å². The fourth-order valence-electron chi connectivity index (χ4n) is 2.51. The number of aromatic nitrogens is 1. The van der Waals surface area contributed by atoms with Crippen LogP contribution < -0.4 is 15.0 Å². The highest BCUT2D eigenvalue weighted by Gasteiger charge is 2.17. The predicted molar refractivity (Wildman–Crippen MR) is 94.6 cm³/mol. The molecule has 0 amide bonds. The second-order valence-corrected chi connectivity index (χ2v) is 5.32. The Hall–Kier alpha value is -3.35. The molecular weight excluding hydrogens is 322 g/mol. The van der Waals surface area contributed by atoms with Gasteiger partial charge in [-0.05, 0) is 24.3 Å². The zero-order valence-corrected chi connectivity index (χ0v) is 14.1. The summed E-state index contributed by atoms with van der Waals surface area (Å²) >= 11 is 0. The van der Waals surface area contributed by atoms with Crippen molar-refractivity contribution in [1.29, 1.82) is 0 Å². The Kier molecular flexibility index (Phi) is 4.38. The van der Waals surface area contributed by atoms with E-state index in [1.807, 2.05) is 18.2 Å². The second kappa shape index (κ2) is 6.64. The van der Waals surface area contributed by atoms with Gasteiger partial charge in [-0.15, -0.1) is 5.11 Å². The molecule has 1 N–H and O–H groups in total. The Labute approximate surface area is 143 Å². The molecule has 0 aliphatic heterocycles. The quantitative estimate of drug-likeness (QED) is 0.735. The lowest BCUT2D eigenvalue weighted by molar-refractivity contribution is 0.355. The lowest BCUT2D eigenvalue weighted by atomic mass is 10.1. The van der Waals surface area contributed by atoms with Gasteiger partial charge in [0.1, 0.15) is 0 Å². The van der Waals surface area contributed by atoms with Crippen LogP contribution in [0.3, 0.4) is 0 Å². The van der Waals surface area contributed by atoms with Gasteiger partial charge in [0.25, 0.3) is 5.56 Å². The summed E-state index contributed by atoms with van der Waals surface area (Å²) in [6, 6.07) is 12.3. The zero-order valence-electron chi connectivity index (χ0n) is 14.1. The minimum absolute atomic E-state index is 0.111. The number of hydrogen-bond acceptors (Lipinski definition) is 6. The van der Waals surface area contributed by atoms with Gasteiger partial charge in [-0.2, -0.15) is 5.11 Å². The average Bonchev–Trinajstić information content (AvgIpc) is 2.66. The van der Waals surface area contributed by atoms with Crippen molar-refractivity contribution >= 4 is 22.1 Å². The van der Waals surface area contributed by atoms with E-state index in [1.165, 1.54) is 21.3 Å². The number of rotatable bonds is 4. The van der Waals surface area contributed by atoms with E-state index >= 15 is 0 Å². The summed E-state index contributed by atoms with van der Waals surface area (Å²) in [6.07, 6.45) is 0. The molecule has 0 radical (unpaired) electrons. The molecular formula is C18H17N3O4. The Balaban J connectivity index is 2.30. The number of hydrogen-bond donors (Lipinski definition) is 1. The number of ether oxygens (including phenoxy) is 2. The van der Waals surface area contributed by atoms with Crippen LogP contribution in [-0.2, 0) is 7.05 Å². The maximum atomic E-state index is 12.6. The second-order valence-electron chi connectivity index (χ2n) is 5.32. The van der Waals surface area contributed by atoms with Gasteiger partial charge in [0, 0.05) is 17.8 Å². The normalized spacial score (nSPS) is 11.2. The van der Waals surface area contributed by atoms with E-state index in [0.29, 0.717) is 28.0 Å². The first kappa shape index (κ1) is 16.5. The Morgan fingerprint density at radius 1 is 0.960 bits per heavy atom. The zero-order chi connectivity index (χ0) is 18.0. The van der Waals surface area contributed by atoms with Crippen molar-refractivity contribution in [2.24, 2.45) is 17.3 Å². The van der Waals surface area contributed by atoms with E-state index in [-0.39, 0.29) is 11.6 Å². The van der Waals surface area contributed by atoms with E-state index in [2.05, 4.69) is 10.2 Å². The SMILES string of the molecule is COc1cc2c(N=Nc3ccccc3)c(=O)n(C)c(O)c2cc1OC. The molecule has 0 fully saturated rings. The smallest absolute Gasteiger partial charge is 0.281 e. The van der Waals surface area contributed by atoms with Crippen molar-refractivity contribution in [2.45, 2.75) is 0 Å². The maximum absolute atomic E-state index is 12.6. The molecule has 3 rings (SSSR count). The fourth-order valence-corrected chi connectivity index (χ4v) is 2.51. The van der Waals surface area contributed by atoms with E-state index in [4.69, 9.17) is 9.47 Å². The maximum Gasteiger partial charge on any atom is 0.281 e. The summed E-state index contributed by atoms with van der Waals surface area (Å²) in [5, 5.41) is 19.4. The number of fused-ring (bicyclic) bond motifs is 1. The molecule has 128 valence electrons. The third-order valence-corrected chi connectivity index (χ3v) is 3.87. The highest BCUT2D eigenvalue weighted by molar-refractivity contribution is 5.97. The minimum atomic E-state index is -0.461. The molecule has 0 aliphatic carbocycles. The Morgan fingerprint density at radius 3 is 2.16 bits per heavy atom. The largest absolute Gasteiger partial charge is 0.494 e. The van der Waals surface area contributed by atoms with Crippen molar-refractivity contribution in [2.75, 3.05) is 14.2 Å². The first-order valence-electron chi connectivity index (χ1n) is 7.51. The summed E-state index contributed by atoms with van der Waals surface area (Å²) in [5.74, 6) is 0.688. The molecule has 7 heteroatoms. The summed E-state index contributed by atoms with van der Waals surface area (Å²) in [7, 11) is 4.46. The van der Waals surface area contributed by atoms with Crippen LogP contribution in [-0.4, -0.2) is 23.9 Å². The number of azo groups is 1. The lowest BCUT2D eigenvalue weighted by Gasteiger charge is -2.13. The molecule has 0 saturated carbocycles. The monoisotopic (exact) mass is 339 g/mol. The first-order valence-corrected chi connectivity index (χ1v) is 7.51. The number of benzene rings is 2. The molecule has 25 heavy (non-hydrogen) atoms. The topological polar surface area (TPSA) is 85.4 Å². The van der Waals surface area contributed by atoms with Crippen LogP contribution in [0, 0.1) is 0 Å². The van der Waals surface area contributed by atoms with Crippen LogP contribution in [0.4, 0.5) is 11.4 Å². The van der Waals surface area contributed by atoms with Crippen molar-refractivity contribution in [3.63, 3.8) is 0 Å². The van der Waals surface area contributed by atoms with Crippen molar-refractivity contribution < 1.29 is 14.6 Å². The van der Waals surface area contributed by atoms with Crippen molar-refractivity contribution in [3.8, 4) is 17.4 Å². The molecule has 7 nitrogen and oxygen atoms in total. The average molecular weight is 339 g/mol. The summed E-state index contributed by atoms with van der Waals surface area (Å²) < 4.78 is 11.7. The van der Waals surface area contributed by atoms with Gasteiger partial charge in [0.2, 0.25) is 5.88 Å². The number of pyridine rings is 1. The summed E-state index contributed by atoms with van der Waals surface area (Å²) in [6.45, 7) is 0. The number of nitrogens with zero attached hydrogens (tertiary/aromatic N) is 3. The van der Waals surface area contributed by atoms with Gasteiger partial charge in [-0.3, -0.25) is 9.36 Å². The van der Waals surface area contributed by atoms with E-state index in [1.54, 1.807) is 24.3 Å². The molecule has 0 unspecified atom stereocenters. The third-order valence-electron chi connectivity index (χ3n) is 3.87. The molecule has 2 aromatic carbocycles. The first-order chi connectivity index (χ1) is 12.1. The van der Waals surface area contributed by atoms with Gasteiger partial charge in [-0.1, -0.05) is 18.2 Å². The Bertz CT molecular complexity index is 1010.